The second kappa shape index (κ2) is 4.45. The summed E-state index contributed by atoms with van der Waals surface area (Å²) in [5.74, 6) is 0. The average molecular weight is 265 g/mol. The number of nitrogens with zero attached hydrogens (tertiary/aromatic N) is 2. The molecule has 0 aliphatic heterocycles. The third-order valence-corrected chi connectivity index (χ3v) is 4.33. The molecule has 18 heavy (non-hydrogen) atoms. The van der Waals surface area contributed by atoms with E-state index < -0.39 is 9.84 Å². The Morgan fingerprint density at radius 2 is 1.78 bits per heavy atom. The van der Waals surface area contributed by atoms with Crippen molar-refractivity contribution in [3.8, 4) is 0 Å². The molecule has 0 aliphatic carbocycles. The Hall–Kier alpha value is -1.82. The van der Waals surface area contributed by atoms with Crippen molar-refractivity contribution in [2.45, 2.75) is 29.7 Å². The molecule has 0 atom stereocenters. The molecule has 1 aromatic carbocycles. The average Bonchev–Trinajstić information content (AvgIpc) is 2.79. The molecular weight excluding hydrogens is 250 g/mol. The van der Waals surface area contributed by atoms with Gasteiger partial charge in [0.15, 0.2) is 0 Å². The lowest BCUT2D eigenvalue weighted by Gasteiger charge is -2.04. The number of aromatic nitrogens is 2. The van der Waals surface area contributed by atoms with Gasteiger partial charge in [0.2, 0.25) is 9.84 Å². The lowest BCUT2D eigenvalue weighted by Crippen LogP contribution is -2.02. The quantitative estimate of drug-likeness (QED) is 0.859. The highest BCUT2D eigenvalue weighted by atomic mass is 32.2. The minimum atomic E-state index is -3.51. The number of hydrogen-bond donors (Lipinski definition) is 1. The maximum atomic E-state index is 12.3. The molecule has 2 rings (SSSR count). The van der Waals surface area contributed by atoms with Crippen LogP contribution in [0.3, 0.4) is 0 Å². The Balaban J connectivity index is 2.44. The van der Waals surface area contributed by atoms with Gasteiger partial charge < -0.3 is 5.73 Å². The Kier molecular flexibility index (Phi) is 3.13. The second-order valence-corrected chi connectivity index (χ2v) is 6.27. The fraction of sp³-hybridized carbons (Fsp3) is 0.250. The van der Waals surface area contributed by atoms with Gasteiger partial charge in [0, 0.05) is 17.9 Å². The molecule has 0 saturated carbocycles. The smallest absolute Gasteiger partial charge is 0.209 e. The fourth-order valence-electron chi connectivity index (χ4n) is 1.52. The predicted molar refractivity (Wildman–Crippen MR) is 68.9 cm³/mol. The van der Waals surface area contributed by atoms with Crippen molar-refractivity contribution in [3.05, 3.63) is 36.7 Å². The van der Waals surface area contributed by atoms with Gasteiger partial charge in [-0.2, -0.15) is 5.10 Å². The van der Waals surface area contributed by atoms with Crippen LogP contribution in [0.2, 0.25) is 0 Å². The van der Waals surface area contributed by atoms with Crippen LogP contribution in [-0.4, -0.2) is 18.2 Å². The lowest BCUT2D eigenvalue weighted by atomic mass is 10.3. The fourth-order valence-corrected chi connectivity index (χ4v) is 2.72. The van der Waals surface area contributed by atoms with E-state index in [-0.39, 0.29) is 15.8 Å². The van der Waals surface area contributed by atoms with Crippen LogP contribution in [0.25, 0.3) is 0 Å². The normalized spacial score (nSPS) is 11.9. The van der Waals surface area contributed by atoms with Crippen molar-refractivity contribution in [2.24, 2.45) is 0 Å². The van der Waals surface area contributed by atoms with E-state index in [9.17, 15) is 8.42 Å². The number of anilines is 1. The van der Waals surface area contributed by atoms with E-state index in [1.54, 1.807) is 16.8 Å². The van der Waals surface area contributed by atoms with Gasteiger partial charge in [0.1, 0.15) is 4.90 Å². The second-order valence-electron chi connectivity index (χ2n) is 4.32. The Morgan fingerprint density at radius 3 is 2.28 bits per heavy atom. The Bertz CT molecular complexity index is 642. The first-order valence-corrected chi connectivity index (χ1v) is 7.04. The molecule has 96 valence electrons. The SMILES string of the molecule is CC(C)n1cc(S(=O)(=O)c2ccc(N)cc2)cn1. The first-order chi connectivity index (χ1) is 8.41. The summed E-state index contributed by atoms with van der Waals surface area (Å²) in [5, 5.41) is 4.04. The Morgan fingerprint density at radius 1 is 1.17 bits per heavy atom. The van der Waals surface area contributed by atoms with Crippen molar-refractivity contribution in [1.82, 2.24) is 9.78 Å². The number of nitrogen functional groups attached to an aromatic ring is 1. The van der Waals surface area contributed by atoms with Crippen LogP contribution in [-0.2, 0) is 9.84 Å². The summed E-state index contributed by atoms with van der Waals surface area (Å²) >= 11 is 0. The number of rotatable bonds is 3. The standard InChI is InChI=1S/C12H15N3O2S/c1-9(2)15-8-12(7-14-15)18(16,17)11-5-3-10(13)4-6-11/h3-9H,13H2,1-2H3. The monoisotopic (exact) mass is 265 g/mol. The largest absolute Gasteiger partial charge is 0.399 e. The predicted octanol–water partition coefficient (Wildman–Crippen LogP) is 1.88. The molecule has 0 saturated heterocycles. The summed E-state index contributed by atoms with van der Waals surface area (Å²) in [4.78, 5) is 0.418. The van der Waals surface area contributed by atoms with Crippen LogP contribution in [0.5, 0.6) is 0 Å². The van der Waals surface area contributed by atoms with Crippen LogP contribution in [0, 0.1) is 0 Å². The lowest BCUT2D eigenvalue weighted by molar-refractivity contribution is 0.531. The zero-order valence-corrected chi connectivity index (χ0v) is 11.1. The molecule has 2 N–H and O–H groups in total. The summed E-state index contributed by atoms with van der Waals surface area (Å²) < 4.78 is 26.2. The van der Waals surface area contributed by atoms with Crippen molar-refractivity contribution in [2.75, 3.05) is 5.73 Å². The summed E-state index contributed by atoms with van der Waals surface area (Å²) in [7, 11) is -3.51. The number of benzene rings is 1. The number of hydrogen-bond acceptors (Lipinski definition) is 4. The molecule has 0 unspecified atom stereocenters. The molecule has 1 heterocycles. The number of sulfone groups is 1. The van der Waals surface area contributed by atoms with Gasteiger partial charge in [-0.15, -0.1) is 0 Å². The molecule has 0 fully saturated rings. The van der Waals surface area contributed by atoms with E-state index in [2.05, 4.69) is 5.10 Å². The molecule has 6 heteroatoms. The van der Waals surface area contributed by atoms with Crippen molar-refractivity contribution < 1.29 is 8.42 Å². The minimum absolute atomic E-state index is 0.125. The van der Waals surface area contributed by atoms with Crippen LogP contribution in [0.15, 0.2) is 46.5 Å². The van der Waals surface area contributed by atoms with E-state index in [4.69, 9.17) is 5.73 Å². The summed E-state index contributed by atoms with van der Waals surface area (Å²) in [6.45, 7) is 3.87. The molecule has 0 bridgehead atoms. The van der Waals surface area contributed by atoms with E-state index >= 15 is 0 Å². The molecule has 0 radical (unpaired) electrons. The highest BCUT2D eigenvalue weighted by molar-refractivity contribution is 7.91. The van der Waals surface area contributed by atoms with E-state index in [0.717, 1.165) is 0 Å². The molecule has 1 aromatic heterocycles. The van der Waals surface area contributed by atoms with Gasteiger partial charge in [0.25, 0.3) is 0 Å². The zero-order chi connectivity index (χ0) is 13.3. The van der Waals surface area contributed by atoms with Crippen LogP contribution >= 0.6 is 0 Å². The van der Waals surface area contributed by atoms with Gasteiger partial charge in [-0.05, 0) is 38.1 Å². The summed E-state index contributed by atoms with van der Waals surface area (Å²) in [5.41, 5.74) is 6.08. The molecule has 0 spiro atoms. The van der Waals surface area contributed by atoms with Crippen LogP contribution < -0.4 is 5.73 Å². The number of nitrogens with two attached hydrogens (primary N) is 1. The topological polar surface area (TPSA) is 78.0 Å². The first kappa shape index (κ1) is 12.6. The first-order valence-electron chi connectivity index (χ1n) is 5.56. The minimum Gasteiger partial charge on any atom is -0.399 e. The van der Waals surface area contributed by atoms with Gasteiger partial charge >= 0.3 is 0 Å². The van der Waals surface area contributed by atoms with E-state index in [1.807, 2.05) is 13.8 Å². The van der Waals surface area contributed by atoms with Crippen LogP contribution in [0.1, 0.15) is 19.9 Å². The van der Waals surface area contributed by atoms with Crippen molar-refractivity contribution in [3.63, 3.8) is 0 Å². The highest BCUT2D eigenvalue weighted by Crippen LogP contribution is 2.21. The van der Waals surface area contributed by atoms with Crippen LogP contribution in [0.4, 0.5) is 5.69 Å². The van der Waals surface area contributed by atoms with Gasteiger partial charge in [-0.1, -0.05) is 0 Å². The molecular formula is C12H15N3O2S. The maximum Gasteiger partial charge on any atom is 0.209 e. The molecule has 0 aliphatic rings. The zero-order valence-electron chi connectivity index (χ0n) is 10.2. The van der Waals surface area contributed by atoms with Gasteiger partial charge in [-0.25, -0.2) is 8.42 Å². The van der Waals surface area contributed by atoms with Gasteiger partial charge in [0.05, 0.1) is 11.1 Å². The molecule has 2 aromatic rings. The third-order valence-electron chi connectivity index (χ3n) is 2.61. The maximum absolute atomic E-state index is 12.3. The summed E-state index contributed by atoms with van der Waals surface area (Å²) in [6, 6.07) is 6.26. The summed E-state index contributed by atoms with van der Waals surface area (Å²) in [6.07, 6.45) is 2.90. The van der Waals surface area contributed by atoms with Crippen molar-refractivity contribution in [1.29, 1.82) is 0 Å². The van der Waals surface area contributed by atoms with Crippen molar-refractivity contribution >= 4 is 15.5 Å². The third kappa shape index (κ3) is 2.24. The Labute approximate surface area is 106 Å². The molecule has 5 nitrogen and oxygen atoms in total. The van der Waals surface area contributed by atoms with E-state index in [1.165, 1.54) is 24.5 Å². The molecule has 0 amide bonds. The van der Waals surface area contributed by atoms with E-state index in [0.29, 0.717) is 5.69 Å². The highest BCUT2D eigenvalue weighted by Gasteiger charge is 2.19. The van der Waals surface area contributed by atoms with Gasteiger partial charge in [-0.3, -0.25) is 4.68 Å².